The van der Waals surface area contributed by atoms with Crippen molar-refractivity contribution >= 4 is 18.3 Å². The highest BCUT2D eigenvalue weighted by atomic mass is 16.5. The Morgan fingerprint density at radius 3 is 2.57 bits per heavy atom. The lowest BCUT2D eigenvalue weighted by Gasteiger charge is -2.40. The summed E-state index contributed by atoms with van der Waals surface area (Å²) in [6.07, 6.45) is 1.43. The molecule has 0 radical (unpaired) electrons. The predicted octanol–water partition coefficient (Wildman–Crippen LogP) is 1.63. The quantitative estimate of drug-likeness (QED) is 0.652. The number of hydrogen-bond donors (Lipinski definition) is 3. The predicted molar refractivity (Wildman–Crippen MR) is 103 cm³/mol. The van der Waals surface area contributed by atoms with Crippen LogP contribution in [0.4, 0.5) is 5.82 Å². The third-order valence-corrected chi connectivity index (χ3v) is 4.39. The van der Waals surface area contributed by atoms with Crippen molar-refractivity contribution in [1.29, 1.82) is 0 Å². The van der Waals surface area contributed by atoms with Gasteiger partial charge >= 0.3 is 5.97 Å². The van der Waals surface area contributed by atoms with Gasteiger partial charge < -0.3 is 29.6 Å². The molecule has 1 fully saturated rings. The molecule has 1 aromatic carbocycles. The second kappa shape index (κ2) is 9.34. The number of carboxylic acid groups (broad SMARTS) is 2. The van der Waals surface area contributed by atoms with E-state index in [-0.39, 0.29) is 23.6 Å². The van der Waals surface area contributed by atoms with Crippen LogP contribution in [0.5, 0.6) is 0 Å². The van der Waals surface area contributed by atoms with Crippen molar-refractivity contribution in [3.63, 3.8) is 0 Å². The fourth-order valence-corrected chi connectivity index (χ4v) is 3.49. The molecular formula is C19H25N3O6. The third kappa shape index (κ3) is 5.08. The number of likely N-dealkylation sites (N-methyl/N-ethyl adjacent to an activating group) is 1. The molecule has 1 aliphatic rings. The second-order valence-corrected chi connectivity index (χ2v) is 6.97. The summed E-state index contributed by atoms with van der Waals surface area (Å²) in [5.41, 5.74) is -0.192. The van der Waals surface area contributed by atoms with Crippen LogP contribution >= 0.6 is 0 Å². The fraction of sp³-hybridized carbons (Fsp3) is 0.421. The molecule has 0 saturated carbocycles. The van der Waals surface area contributed by atoms with Crippen LogP contribution in [0, 0.1) is 0 Å². The summed E-state index contributed by atoms with van der Waals surface area (Å²) in [5, 5.41) is 31.5. The van der Waals surface area contributed by atoms with Crippen LogP contribution in [-0.4, -0.2) is 77.1 Å². The lowest BCUT2D eigenvalue weighted by Crippen LogP contribution is -2.53. The molecule has 0 bridgehead atoms. The van der Waals surface area contributed by atoms with E-state index >= 15 is 0 Å². The highest BCUT2D eigenvalue weighted by Crippen LogP contribution is 2.34. The van der Waals surface area contributed by atoms with E-state index in [1.165, 1.54) is 0 Å². The maximum Gasteiger partial charge on any atom is 0.343 e. The van der Waals surface area contributed by atoms with Crippen molar-refractivity contribution in [3.8, 4) is 11.3 Å². The zero-order chi connectivity index (χ0) is 20.7. The van der Waals surface area contributed by atoms with Gasteiger partial charge in [0.2, 0.25) is 0 Å². The van der Waals surface area contributed by atoms with Crippen LogP contribution in [0.2, 0.25) is 0 Å². The summed E-state index contributed by atoms with van der Waals surface area (Å²) in [6.45, 7) is 1.22. The topological polar surface area (TPSA) is 127 Å². The van der Waals surface area contributed by atoms with Crippen LogP contribution < -0.4 is 4.90 Å². The van der Waals surface area contributed by atoms with Gasteiger partial charge in [0.05, 0.1) is 5.60 Å². The number of carboxylic acids is 1. The molecule has 9 heteroatoms. The summed E-state index contributed by atoms with van der Waals surface area (Å²) in [4.78, 5) is 24.0. The Kier molecular flexibility index (Phi) is 7.13. The number of rotatable bonds is 5. The summed E-state index contributed by atoms with van der Waals surface area (Å²) >= 11 is 0. The minimum Gasteiger partial charge on any atom is -0.483 e. The number of aromatic nitrogens is 1. The smallest absolute Gasteiger partial charge is 0.343 e. The lowest BCUT2D eigenvalue weighted by atomic mass is 9.92. The normalized spacial score (nSPS) is 19.1. The number of aliphatic hydroxyl groups is 1. The number of carbonyl (C=O) groups is 2. The van der Waals surface area contributed by atoms with E-state index in [4.69, 9.17) is 14.4 Å². The zero-order valence-electron chi connectivity index (χ0n) is 15.9. The van der Waals surface area contributed by atoms with Crippen LogP contribution in [0.25, 0.3) is 11.3 Å². The largest absolute Gasteiger partial charge is 0.483 e. The molecule has 3 N–H and O–H groups in total. The van der Waals surface area contributed by atoms with Crippen molar-refractivity contribution in [3.05, 3.63) is 35.9 Å². The van der Waals surface area contributed by atoms with E-state index in [9.17, 15) is 15.0 Å². The number of anilines is 1. The summed E-state index contributed by atoms with van der Waals surface area (Å²) in [7, 11) is 3.81. The fourth-order valence-electron chi connectivity index (χ4n) is 3.49. The Balaban J connectivity index is 0.000000878. The highest BCUT2D eigenvalue weighted by Gasteiger charge is 2.37. The van der Waals surface area contributed by atoms with Gasteiger partial charge in [-0.2, -0.15) is 0 Å². The average molecular weight is 391 g/mol. The van der Waals surface area contributed by atoms with Gasteiger partial charge in [-0.05, 0) is 26.9 Å². The molecule has 1 atom stereocenters. The molecule has 0 aliphatic carbocycles. The van der Waals surface area contributed by atoms with Crippen molar-refractivity contribution in [1.82, 2.24) is 10.1 Å². The van der Waals surface area contributed by atoms with Gasteiger partial charge in [-0.3, -0.25) is 4.79 Å². The van der Waals surface area contributed by atoms with E-state index in [0.29, 0.717) is 31.6 Å². The molecule has 2 aromatic rings. The number of benzene rings is 1. The standard InChI is InChI=1S/C18H23N3O4.CH2O2/c1-20(2)11-18(24)9-6-10-21(12-18)16-14(17(22)23)15(25-19-16)13-7-4-3-5-8-13;2-1-3/h3-5,7-8,24H,6,9-12H2,1-2H3,(H,22,23);1H,(H,2,3). The molecule has 1 aromatic heterocycles. The first-order chi connectivity index (χ1) is 13.3. The van der Waals surface area contributed by atoms with Gasteiger partial charge in [-0.1, -0.05) is 35.5 Å². The van der Waals surface area contributed by atoms with E-state index in [0.717, 1.165) is 6.42 Å². The first kappa shape index (κ1) is 21.4. The average Bonchev–Trinajstić information content (AvgIpc) is 3.07. The van der Waals surface area contributed by atoms with Crippen LogP contribution in [0.1, 0.15) is 23.2 Å². The summed E-state index contributed by atoms with van der Waals surface area (Å²) in [6, 6.07) is 9.07. The number of β-amino-alcohol motifs (C(OH)–C–C–N with tert-alkyl or cyclic N) is 1. The molecule has 1 aliphatic heterocycles. The van der Waals surface area contributed by atoms with Crippen molar-refractivity contribution in [2.24, 2.45) is 0 Å². The van der Waals surface area contributed by atoms with Crippen molar-refractivity contribution in [2.75, 3.05) is 38.6 Å². The van der Waals surface area contributed by atoms with Gasteiger partial charge in [-0.25, -0.2) is 4.79 Å². The molecule has 1 unspecified atom stereocenters. The monoisotopic (exact) mass is 391 g/mol. The molecule has 152 valence electrons. The Labute approximate surface area is 162 Å². The molecule has 2 heterocycles. The number of aromatic carboxylic acids is 1. The maximum atomic E-state index is 11.9. The number of piperidine rings is 1. The SMILES string of the molecule is CN(C)CC1(O)CCCN(c2noc(-c3ccccc3)c2C(=O)O)C1.O=CO. The molecular weight excluding hydrogens is 366 g/mol. The Bertz CT molecular complexity index is 792. The van der Waals surface area contributed by atoms with Crippen LogP contribution in [0.3, 0.4) is 0 Å². The minimum atomic E-state index is -1.09. The molecule has 1 saturated heterocycles. The molecule has 0 spiro atoms. The summed E-state index contributed by atoms with van der Waals surface area (Å²) < 4.78 is 5.38. The van der Waals surface area contributed by atoms with E-state index in [1.54, 1.807) is 12.1 Å². The van der Waals surface area contributed by atoms with Gasteiger partial charge in [0.15, 0.2) is 17.1 Å². The molecule has 28 heavy (non-hydrogen) atoms. The molecule has 3 rings (SSSR count). The first-order valence-electron chi connectivity index (χ1n) is 8.79. The highest BCUT2D eigenvalue weighted by molar-refractivity contribution is 5.99. The Morgan fingerprint density at radius 1 is 1.36 bits per heavy atom. The first-order valence-corrected chi connectivity index (χ1v) is 8.79. The molecule has 9 nitrogen and oxygen atoms in total. The Morgan fingerprint density at radius 2 is 2.00 bits per heavy atom. The van der Waals surface area contributed by atoms with E-state index in [2.05, 4.69) is 5.16 Å². The zero-order valence-corrected chi connectivity index (χ0v) is 15.9. The van der Waals surface area contributed by atoms with Gasteiger partial charge in [0.1, 0.15) is 0 Å². The van der Waals surface area contributed by atoms with E-state index < -0.39 is 11.6 Å². The summed E-state index contributed by atoms with van der Waals surface area (Å²) in [5.74, 6) is -0.565. The van der Waals surface area contributed by atoms with Crippen LogP contribution in [-0.2, 0) is 4.79 Å². The number of nitrogens with zero attached hydrogens (tertiary/aromatic N) is 3. The van der Waals surface area contributed by atoms with Crippen molar-refractivity contribution < 1.29 is 29.4 Å². The third-order valence-electron chi connectivity index (χ3n) is 4.39. The maximum absolute atomic E-state index is 11.9. The second-order valence-electron chi connectivity index (χ2n) is 6.97. The van der Waals surface area contributed by atoms with Crippen LogP contribution in [0.15, 0.2) is 34.9 Å². The minimum absolute atomic E-state index is 0.0419. The number of hydrogen-bond acceptors (Lipinski definition) is 7. The van der Waals surface area contributed by atoms with Gasteiger partial charge in [0, 0.05) is 25.2 Å². The molecule has 0 amide bonds. The van der Waals surface area contributed by atoms with E-state index in [1.807, 2.05) is 42.1 Å². The van der Waals surface area contributed by atoms with Gasteiger partial charge in [0.25, 0.3) is 6.47 Å². The Hall–Kier alpha value is -2.91. The van der Waals surface area contributed by atoms with Gasteiger partial charge in [-0.15, -0.1) is 0 Å². The van der Waals surface area contributed by atoms with Crippen molar-refractivity contribution in [2.45, 2.75) is 18.4 Å². The lowest BCUT2D eigenvalue weighted by molar-refractivity contribution is -0.122.